The Morgan fingerprint density at radius 2 is 2.20 bits per heavy atom. The molecule has 56 valence electrons. The maximum Gasteiger partial charge on any atom is 0.407 e. The minimum absolute atomic E-state index is 0.182. The van der Waals surface area contributed by atoms with Crippen LogP contribution in [-0.4, -0.2) is 18.2 Å². The molecular formula is C7H11NO2. The maximum atomic E-state index is 10.7. The Morgan fingerprint density at radius 3 is 3.00 bits per heavy atom. The van der Waals surface area contributed by atoms with Gasteiger partial charge in [-0.05, 0) is 19.3 Å². The van der Waals surface area contributed by atoms with Gasteiger partial charge in [-0.3, -0.25) is 0 Å². The summed E-state index contributed by atoms with van der Waals surface area (Å²) in [5, 5.41) is 2.79. The third-order valence-electron chi connectivity index (χ3n) is 2.26. The highest BCUT2D eigenvalue weighted by atomic mass is 16.6. The minimum Gasteiger partial charge on any atom is -0.444 e. The molecule has 3 nitrogen and oxygen atoms in total. The Hall–Kier alpha value is -0.730. The van der Waals surface area contributed by atoms with Gasteiger partial charge in [0.25, 0.3) is 0 Å². The zero-order valence-corrected chi connectivity index (χ0v) is 5.80. The number of alkyl carbamates (subject to hydrolysis) is 1. The fraction of sp³-hybridized carbons (Fsp3) is 0.857. The number of fused-ring (bicyclic) bond motifs is 1. The van der Waals surface area contributed by atoms with Gasteiger partial charge in [-0.15, -0.1) is 0 Å². The van der Waals surface area contributed by atoms with Gasteiger partial charge < -0.3 is 10.1 Å². The molecule has 1 aliphatic heterocycles. The van der Waals surface area contributed by atoms with Crippen molar-refractivity contribution in [2.45, 2.75) is 37.8 Å². The third-order valence-corrected chi connectivity index (χ3v) is 2.26. The average molecular weight is 141 g/mol. The molecule has 0 radical (unpaired) electrons. The SMILES string of the molecule is O=C1N[C@H]2CCCCC2O1. The second-order valence-corrected chi connectivity index (χ2v) is 2.98. The van der Waals surface area contributed by atoms with Crippen LogP contribution in [0.25, 0.3) is 0 Å². The van der Waals surface area contributed by atoms with Gasteiger partial charge in [-0.2, -0.15) is 0 Å². The highest BCUT2D eigenvalue weighted by Crippen LogP contribution is 2.24. The van der Waals surface area contributed by atoms with Crippen LogP contribution in [0.4, 0.5) is 4.79 Å². The predicted molar refractivity (Wildman–Crippen MR) is 35.7 cm³/mol. The Kier molecular flexibility index (Phi) is 1.29. The Balaban J connectivity index is 2.04. The number of hydrogen-bond donors (Lipinski definition) is 1. The highest BCUT2D eigenvalue weighted by molar-refractivity contribution is 5.70. The molecular weight excluding hydrogens is 130 g/mol. The van der Waals surface area contributed by atoms with E-state index < -0.39 is 0 Å². The molecule has 2 atom stereocenters. The molecule has 1 amide bonds. The van der Waals surface area contributed by atoms with Crippen molar-refractivity contribution in [1.82, 2.24) is 5.32 Å². The van der Waals surface area contributed by atoms with Crippen LogP contribution in [0.3, 0.4) is 0 Å². The number of carbonyl (C=O) groups is 1. The van der Waals surface area contributed by atoms with E-state index in [9.17, 15) is 4.79 Å². The third kappa shape index (κ3) is 0.856. The van der Waals surface area contributed by atoms with Crippen molar-refractivity contribution in [1.29, 1.82) is 0 Å². The number of amides is 1. The topological polar surface area (TPSA) is 38.3 Å². The Bertz CT molecular complexity index is 142. The normalized spacial score (nSPS) is 38.2. The summed E-state index contributed by atoms with van der Waals surface area (Å²) in [6.07, 6.45) is 4.53. The van der Waals surface area contributed by atoms with Crippen molar-refractivity contribution < 1.29 is 9.53 Å². The van der Waals surface area contributed by atoms with E-state index in [0.717, 1.165) is 12.8 Å². The quantitative estimate of drug-likeness (QED) is 0.547. The Morgan fingerprint density at radius 1 is 1.40 bits per heavy atom. The van der Waals surface area contributed by atoms with Crippen LogP contribution in [-0.2, 0) is 4.74 Å². The molecule has 0 spiro atoms. The summed E-state index contributed by atoms with van der Waals surface area (Å²) in [6.45, 7) is 0. The van der Waals surface area contributed by atoms with E-state index in [2.05, 4.69) is 5.32 Å². The monoisotopic (exact) mass is 141 g/mol. The van der Waals surface area contributed by atoms with E-state index in [1.54, 1.807) is 0 Å². The van der Waals surface area contributed by atoms with E-state index in [0.29, 0.717) is 6.04 Å². The van der Waals surface area contributed by atoms with Crippen LogP contribution in [0.5, 0.6) is 0 Å². The molecule has 1 saturated heterocycles. The first-order chi connectivity index (χ1) is 4.86. The molecule has 0 aromatic carbocycles. The van der Waals surface area contributed by atoms with Gasteiger partial charge >= 0.3 is 6.09 Å². The molecule has 2 fully saturated rings. The lowest BCUT2D eigenvalue weighted by atomic mass is 9.93. The molecule has 0 aromatic heterocycles. The highest BCUT2D eigenvalue weighted by Gasteiger charge is 2.35. The molecule has 10 heavy (non-hydrogen) atoms. The van der Waals surface area contributed by atoms with Crippen molar-refractivity contribution in [3.05, 3.63) is 0 Å². The fourth-order valence-electron chi connectivity index (χ4n) is 1.73. The summed E-state index contributed by atoms with van der Waals surface area (Å²) in [4.78, 5) is 10.7. The van der Waals surface area contributed by atoms with Crippen molar-refractivity contribution in [3.8, 4) is 0 Å². The molecule has 2 rings (SSSR count). The van der Waals surface area contributed by atoms with Crippen molar-refractivity contribution in [2.24, 2.45) is 0 Å². The molecule has 0 aromatic rings. The van der Waals surface area contributed by atoms with E-state index in [4.69, 9.17) is 4.74 Å². The average Bonchev–Trinajstić information content (AvgIpc) is 2.27. The van der Waals surface area contributed by atoms with Crippen molar-refractivity contribution in [2.75, 3.05) is 0 Å². The van der Waals surface area contributed by atoms with Crippen molar-refractivity contribution >= 4 is 6.09 Å². The van der Waals surface area contributed by atoms with Crippen LogP contribution >= 0.6 is 0 Å². The van der Waals surface area contributed by atoms with Crippen LogP contribution in [0.15, 0.2) is 0 Å². The van der Waals surface area contributed by atoms with Gasteiger partial charge in [-0.1, -0.05) is 6.42 Å². The number of nitrogens with one attached hydrogen (secondary N) is 1. The second-order valence-electron chi connectivity index (χ2n) is 2.98. The molecule has 1 unspecified atom stereocenters. The first kappa shape index (κ1) is 6.01. The summed E-state index contributed by atoms with van der Waals surface area (Å²) in [6, 6.07) is 0.321. The zero-order valence-electron chi connectivity index (χ0n) is 5.80. The largest absolute Gasteiger partial charge is 0.444 e. The van der Waals surface area contributed by atoms with Gasteiger partial charge in [0.05, 0.1) is 6.04 Å². The van der Waals surface area contributed by atoms with E-state index in [1.165, 1.54) is 12.8 Å². The van der Waals surface area contributed by atoms with Gasteiger partial charge in [0.1, 0.15) is 6.10 Å². The van der Waals surface area contributed by atoms with E-state index in [-0.39, 0.29) is 12.2 Å². The van der Waals surface area contributed by atoms with Gasteiger partial charge in [0.15, 0.2) is 0 Å². The van der Waals surface area contributed by atoms with Crippen LogP contribution in [0.2, 0.25) is 0 Å². The summed E-state index contributed by atoms with van der Waals surface area (Å²) in [7, 11) is 0. The Labute approximate surface area is 59.7 Å². The van der Waals surface area contributed by atoms with Gasteiger partial charge in [-0.25, -0.2) is 4.79 Å². The van der Waals surface area contributed by atoms with Gasteiger partial charge in [0, 0.05) is 0 Å². The minimum atomic E-state index is -0.225. The summed E-state index contributed by atoms with van der Waals surface area (Å²) >= 11 is 0. The summed E-state index contributed by atoms with van der Waals surface area (Å²) in [5.41, 5.74) is 0. The number of carbonyl (C=O) groups excluding carboxylic acids is 1. The molecule has 1 heterocycles. The smallest absolute Gasteiger partial charge is 0.407 e. The molecule has 1 saturated carbocycles. The number of ether oxygens (including phenoxy) is 1. The lowest BCUT2D eigenvalue weighted by Crippen LogP contribution is -2.33. The number of rotatable bonds is 0. The fourth-order valence-corrected chi connectivity index (χ4v) is 1.73. The standard InChI is InChI=1S/C7H11NO2/c9-7-8-5-3-1-2-4-6(5)10-7/h5-6H,1-4H2,(H,8,9)/t5-,6?/m0/s1. The summed E-state index contributed by atoms with van der Waals surface area (Å²) < 4.78 is 5.02. The molecule has 1 aliphatic carbocycles. The van der Waals surface area contributed by atoms with Crippen LogP contribution in [0, 0.1) is 0 Å². The van der Waals surface area contributed by atoms with Gasteiger partial charge in [0.2, 0.25) is 0 Å². The molecule has 3 heteroatoms. The lowest BCUT2D eigenvalue weighted by Gasteiger charge is -2.21. The molecule has 1 N–H and O–H groups in total. The van der Waals surface area contributed by atoms with E-state index in [1.807, 2.05) is 0 Å². The first-order valence-corrected chi connectivity index (χ1v) is 3.83. The molecule has 0 bridgehead atoms. The number of hydrogen-bond acceptors (Lipinski definition) is 2. The van der Waals surface area contributed by atoms with Crippen LogP contribution in [0.1, 0.15) is 25.7 Å². The predicted octanol–water partition coefficient (Wildman–Crippen LogP) is 1.04. The molecule has 2 aliphatic rings. The second kappa shape index (κ2) is 2.15. The van der Waals surface area contributed by atoms with E-state index >= 15 is 0 Å². The zero-order chi connectivity index (χ0) is 6.97. The van der Waals surface area contributed by atoms with Crippen molar-refractivity contribution in [3.63, 3.8) is 0 Å². The summed E-state index contributed by atoms with van der Waals surface area (Å²) in [5.74, 6) is 0. The lowest BCUT2D eigenvalue weighted by molar-refractivity contribution is 0.113. The first-order valence-electron chi connectivity index (χ1n) is 3.83. The van der Waals surface area contributed by atoms with Crippen LogP contribution < -0.4 is 5.32 Å². The maximum absolute atomic E-state index is 10.7.